The largest absolute Gasteiger partial charge is 0.477 e. The van der Waals surface area contributed by atoms with Crippen LogP contribution in [0.2, 0.25) is 0 Å². The van der Waals surface area contributed by atoms with Crippen LogP contribution < -0.4 is 10.1 Å². The van der Waals surface area contributed by atoms with Crippen LogP contribution in [0.5, 0.6) is 5.88 Å². The maximum Gasteiger partial charge on any atom is 0.232 e. The standard InChI is InChI=1S/C15H17N3O/c1-2-19-15-8-17-13-4-11-9-3-10(7-16-6-9)12(11)5-14(13)18-15/h4-5,8-10,16H,2-3,6-7H2,1H3. The Labute approximate surface area is 112 Å². The van der Waals surface area contributed by atoms with Gasteiger partial charge in [0.05, 0.1) is 23.8 Å². The summed E-state index contributed by atoms with van der Waals surface area (Å²) in [5.74, 6) is 1.93. The van der Waals surface area contributed by atoms with Gasteiger partial charge < -0.3 is 10.1 Å². The number of nitrogens with one attached hydrogen (secondary N) is 1. The second-order valence-corrected chi connectivity index (χ2v) is 5.40. The Morgan fingerprint density at radius 2 is 1.95 bits per heavy atom. The molecule has 4 heteroatoms. The maximum absolute atomic E-state index is 5.43. The van der Waals surface area contributed by atoms with Crippen molar-refractivity contribution in [3.63, 3.8) is 0 Å². The number of fused-ring (bicyclic) bond motifs is 6. The Morgan fingerprint density at radius 1 is 1.21 bits per heavy atom. The second-order valence-electron chi connectivity index (χ2n) is 5.40. The van der Waals surface area contributed by atoms with E-state index in [-0.39, 0.29) is 0 Å². The van der Waals surface area contributed by atoms with Crippen molar-refractivity contribution in [2.45, 2.75) is 25.2 Å². The van der Waals surface area contributed by atoms with Gasteiger partial charge in [-0.05, 0) is 48.4 Å². The minimum atomic E-state index is 0.619. The molecule has 2 bridgehead atoms. The highest BCUT2D eigenvalue weighted by molar-refractivity contribution is 5.77. The van der Waals surface area contributed by atoms with Gasteiger partial charge >= 0.3 is 0 Å². The maximum atomic E-state index is 5.43. The Balaban J connectivity index is 1.86. The fourth-order valence-corrected chi connectivity index (χ4v) is 3.41. The van der Waals surface area contributed by atoms with Crippen LogP contribution >= 0.6 is 0 Å². The van der Waals surface area contributed by atoms with Crippen LogP contribution in [0.1, 0.15) is 36.3 Å². The summed E-state index contributed by atoms with van der Waals surface area (Å²) in [6.45, 7) is 4.77. The van der Waals surface area contributed by atoms with E-state index in [0.29, 0.717) is 24.3 Å². The van der Waals surface area contributed by atoms with Crippen LogP contribution in [0.3, 0.4) is 0 Å². The van der Waals surface area contributed by atoms with E-state index in [2.05, 4.69) is 27.4 Å². The SMILES string of the molecule is CCOc1cnc2cc3c(cc2n1)C1CNCC3C1. The lowest BCUT2D eigenvalue weighted by Crippen LogP contribution is -2.28. The molecule has 98 valence electrons. The van der Waals surface area contributed by atoms with Crippen molar-refractivity contribution in [1.29, 1.82) is 0 Å². The summed E-state index contributed by atoms with van der Waals surface area (Å²) in [4.78, 5) is 9.04. The molecule has 1 fully saturated rings. The third kappa shape index (κ3) is 1.70. The number of hydrogen-bond acceptors (Lipinski definition) is 4. The molecule has 0 spiro atoms. The average Bonchev–Trinajstić information content (AvgIpc) is 2.68. The molecule has 1 aromatic heterocycles. The predicted molar refractivity (Wildman–Crippen MR) is 73.7 cm³/mol. The molecule has 1 aliphatic carbocycles. The average molecular weight is 255 g/mol. The first-order valence-corrected chi connectivity index (χ1v) is 6.99. The van der Waals surface area contributed by atoms with Crippen molar-refractivity contribution in [3.05, 3.63) is 29.5 Å². The van der Waals surface area contributed by atoms with Crippen LogP contribution in [-0.4, -0.2) is 29.7 Å². The Kier molecular flexibility index (Phi) is 2.45. The summed E-state index contributed by atoms with van der Waals surface area (Å²) < 4.78 is 5.43. The Morgan fingerprint density at radius 3 is 2.68 bits per heavy atom. The summed E-state index contributed by atoms with van der Waals surface area (Å²) in [6, 6.07) is 4.45. The van der Waals surface area contributed by atoms with Gasteiger partial charge in [0, 0.05) is 13.1 Å². The van der Waals surface area contributed by atoms with Crippen LogP contribution in [0, 0.1) is 0 Å². The Bertz CT molecular complexity index is 641. The summed E-state index contributed by atoms with van der Waals surface area (Å²) in [5, 5.41) is 3.51. The van der Waals surface area contributed by atoms with Crippen LogP contribution in [0.4, 0.5) is 0 Å². The number of nitrogens with zero attached hydrogens (tertiary/aromatic N) is 2. The molecule has 2 heterocycles. The molecule has 2 aliphatic rings. The van der Waals surface area contributed by atoms with E-state index < -0.39 is 0 Å². The van der Waals surface area contributed by atoms with Gasteiger partial charge in [0.15, 0.2) is 0 Å². The summed E-state index contributed by atoms with van der Waals surface area (Å²) in [5.41, 5.74) is 4.87. The molecule has 0 radical (unpaired) electrons. The molecule has 1 aliphatic heterocycles. The van der Waals surface area contributed by atoms with Crippen LogP contribution in [-0.2, 0) is 0 Å². The van der Waals surface area contributed by atoms with Gasteiger partial charge in [0.1, 0.15) is 0 Å². The van der Waals surface area contributed by atoms with Gasteiger partial charge in [0.2, 0.25) is 5.88 Å². The van der Waals surface area contributed by atoms with E-state index in [9.17, 15) is 0 Å². The third-order valence-electron chi connectivity index (χ3n) is 4.25. The van der Waals surface area contributed by atoms with Gasteiger partial charge in [-0.25, -0.2) is 9.97 Å². The fraction of sp³-hybridized carbons (Fsp3) is 0.467. The van der Waals surface area contributed by atoms with E-state index >= 15 is 0 Å². The van der Waals surface area contributed by atoms with E-state index in [1.807, 2.05) is 6.92 Å². The summed E-state index contributed by atoms with van der Waals surface area (Å²) >= 11 is 0. The summed E-state index contributed by atoms with van der Waals surface area (Å²) in [7, 11) is 0. The lowest BCUT2D eigenvalue weighted by Gasteiger charge is -2.19. The molecule has 2 unspecified atom stereocenters. The van der Waals surface area contributed by atoms with Crippen LogP contribution in [0.15, 0.2) is 18.3 Å². The summed E-state index contributed by atoms with van der Waals surface area (Å²) in [6.07, 6.45) is 2.99. The van der Waals surface area contributed by atoms with Gasteiger partial charge in [-0.15, -0.1) is 0 Å². The first kappa shape index (κ1) is 11.2. The van der Waals surface area contributed by atoms with E-state index in [0.717, 1.165) is 24.1 Å². The molecule has 0 saturated carbocycles. The second kappa shape index (κ2) is 4.17. The first-order chi connectivity index (χ1) is 9.35. The first-order valence-electron chi connectivity index (χ1n) is 6.99. The van der Waals surface area contributed by atoms with Crippen molar-refractivity contribution >= 4 is 11.0 Å². The molecule has 2 atom stereocenters. The highest BCUT2D eigenvalue weighted by Crippen LogP contribution is 2.44. The zero-order valence-electron chi connectivity index (χ0n) is 11.0. The van der Waals surface area contributed by atoms with Gasteiger partial charge in [-0.2, -0.15) is 0 Å². The van der Waals surface area contributed by atoms with E-state index in [1.54, 1.807) is 6.20 Å². The number of rotatable bonds is 2. The molecule has 1 saturated heterocycles. The van der Waals surface area contributed by atoms with E-state index in [4.69, 9.17) is 4.74 Å². The van der Waals surface area contributed by atoms with Crippen LogP contribution in [0.25, 0.3) is 11.0 Å². The number of hydrogen-bond donors (Lipinski definition) is 1. The zero-order chi connectivity index (χ0) is 12.8. The molecule has 19 heavy (non-hydrogen) atoms. The lowest BCUT2D eigenvalue weighted by molar-refractivity contribution is 0.327. The minimum absolute atomic E-state index is 0.619. The molecular weight excluding hydrogens is 238 g/mol. The number of aromatic nitrogens is 2. The third-order valence-corrected chi connectivity index (χ3v) is 4.25. The minimum Gasteiger partial charge on any atom is -0.477 e. The molecule has 4 nitrogen and oxygen atoms in total. The van der Waals surface area contributed by atoms with Crippen molar-refractivity contribution in [1.82, 2.24) is 15.3 Å². The van der Waals surface area contributed by atoms with Crippen molar-refractivity contribution < 1.29 is 4.74 Å². The fourth-order valence-electron chi connectivity index (χ4n) is 3.41. The number of piperidine rings is 1. The van der Waals surface area contributed by atoms with Gasteiger partial charge in [0.25, 0.3) is 0 Å². The molecule has 2 aromatic rings. The van der Waals surface area contributed by atoms with E-state index in [1.165, 1.54) is 17.5 Å². The highest BCUT2D eigenvalue weighted by atomic mass is 16.5. The lowest BCUT2D eigenvalue weighted by atomic mass is 9.98. The smallest absolute Gasteiger partial charge is 0.232 e. The van der Waals surface area contributed by atoms with Gasteiger partial charge in [-0.3, -0.25) is 0 Å². The topological polar surface area (TPSA) is 47.0 Å². The van der Waals surface area contributed by atoms with Gasteiger partial charge in [-0.1, -0.05) is 0 Å². The van der Waals surface area contributed by atoms with Crippen molar-refractivity contribution in [2.24, 2.45) is 0 Å². The molecule has 4 rings (SSSR count). The molecule has 0 amide bonds. The zero-order valence-corrected chi connectivity index (χ0v) is 11.0. The molecule has 1 N–H and O–H groups in total. The number of ether oxygens (including phenoxy) is 1. The number of benzene rings is 1. The van der Waals surface area contributed by atoms with Crippen molar-refractivity contribution in [3.8, 4) is 5.88 Å². The monoisotopic (exact) mass is 255 g/mol. The highest BCUT2D eigenvalue weighted by Gasteiger charge is 2.34. The predicted octanol–water partition coefficient (Wildman–Crippen LogP) is 2.20. The quantitative estimate of drug-likeness (QED) is 0.893. The van der Waals surface area contributed by atoms with Crippen molar-refractivity contribution in [2.75, 3.05) is 19.7 Å². The molecule has 1 aromatic carbocycles. The Hall–Kier alpha value is -1.68. The molecular formula is C15H17N3O. The normalized spacial score (nSPS) is 24.5.